The quantitative estimate of drug-likeness (QED) is 0.724. The second-order valence-electron chi connectivity index (χ2n) is 6.55. The molecule has 2 aromatic heterocycles. The molecule has 0 radical (unpaired) electrons. The number of hydrogen-bond acceptors (Lipinski definition) is 6. The van der Waals surface area contributed by atoms with E-state index in [0.717, 1.165) is 49.8 Å². The van der Waals surface area contributed by atoms with E-state index in [-0.39, 0.29) is 12.6 Å². The third kappa shape index (κ3) is 5.14. The Labute approximate surface area is 159 Å². The molecule has 2 N–H and O–H groups in total. The average molecular weight is 377 g/mol. The van der Waals surface area contributed by atoms with Crippen LogP contribution in [0.4, 0.5) is 5.69 Å². The number of aliphatic hydroxyl groups is 1. The van der Waals surface area contributed by atoms with E-state index in [4.69, 9.17) is 21.4 Å². The Kier molecular flexibility index (Phi) is 6.80. The number of nitrogens with zero attached hydrogens (tertiary/aromatic N) is 3. The van der Waals surface area contributed by atoms with Gasteiger partial charge in [0.05, 0.1) is 18.9 Å². The van der Waals surface area contributed by atoms with Gasteiger partial charge in [0, 0.05) is 55.9 Å². The van der Waals surface area contributed by atoms with Crippen LogP contribution in [0.3, 0.4) is 0 Å². The van der Waals surface area contributed by atoms with Gasteiger partial charge in [0.1, 0.15) is 5.15 Å². The summed E-state index contributed by atoms with van der Waals surface area (Å²) in [6.07, 6.45) is 4.31. The van der Waals surface area contributed by atoms with Crippen molar-refractivity contribution in [3.63, 3.8) is 0 Å². The Bertz CT molecular complexity index is 705. The first-order valence-corrected chi connectivity index (χ1v) is 9.32. The van der Waals surface area contributed by atoms with Crippen LogP contribution in [0, 0.1) is 0 Å². The smallest absolute Gasteiger partial charge is 0.131 e. The highest BCUT2D eigenvalue weighted by Crippen LogP contribution is 2.29. The van der Waals surface area contributed by atoms with E-state index in [9.17, 15) is 0 Å². The monoisotopic (exact) mass is 376 g/mol. The van der Waals surface area contributed by atoms with Crippen molar-refractivity contribution in [3.05, 3.63) is 41.3 Å². The molecule has 0 bridgehead atoms. The van der Waals surface area contributed by atoms with Crippen LogP contribution in [0.1, 0.15) is 18.9 Å². The summed E-state index contributed by atoms with van der Waals surface area (Å²) in [5, 5.41) is 12.9. The van der Waals surface area contributed by atoms with E-state index in [2.05, 4.69) is 26.3 Å². The van der Waals surface area contributed by atoms with Gasteiger partial charge in [-0.25, -0.2) is 4.98 Å². The van der Waals surface area contributed by atoms with E-state index in [1.54, 1.807) is 12.3 Å². The first kappa shape index (κ1) is 19.0. The Morgan fingerprint density at radius 1 is 1.27 bits per heavy atom. The summed E-state index contributed by atoms with van der Waals surface area (Å²) < 4.78 is 5.39. The van der Waals surface area contributed by atoms with E-state index in [0.29, 0.717) is 11.6 Å². The summed E-state index contributed by atoms with van der Waals surface area (Å²) in [6, 6.07) is 6.04. The topological polar surface area (TPSA) is 70.5 Å². The predicted octanol–water partition coefficient (Wildman–Crippen LogP) is 2.81. The summed E-state index contributed by atoms with van der Waals surface area (Å²) in [6.45, 7) is 6.55. The lowest BCUT2D eigenvalue weighted by molar-refractivity contribution is 0.0341. The molecule has 3 heterocycles. The van der Waals surface area contributed by atoms with Crippen molar-refractivity contribution in [2.24, 2.45) is 0 Å². The largest absolute Gasteiger partial charge is 0.396 e. The maximum absolute atomic E-state index is 9.12. The number of hydrogen-bond donors (Lipinski definition) is 2. The summed E-state index contributed by atoms with van der Waals surface area (Å²) >= 11 is 6.06. The van der Waals surface area contributed by atoms with Crippen LogP contribution in [0.25, 0.3) is 11.3 Å². The number of nitrogens with one attached hydrogen (secondary N) is 1. The molecular formula is C19H25ClN4O2. The SMILES string of the molecule is C[C@@H](CCO)Nc1cc(Cl)ncc1-c1ccc(CN2CCOCC2)cn1. The van der Waals surface area contributed by atoms with Gasteiger partial charge in [-0.05, 0) is 31.0 Å². The fourth-order valence-electron chi connectivity index (χ4n) is 2.98. The van der Waals surface area contributed by atoms with Crippen LogP contribution in [0.15, 0.2) is 30.6 Å². The number of pyridine rings is 2. The summed E-state index contributed by atoms with van der Waals surface area (Å²) in [5.41, 5.74) is 3.80. The number of aromatic nitrogens is 2. The van der Waals surface area contributed by atoms with E-state index < -0.39 is 0 Å². The number of halogens is 1. The highest BCUT2D eigenvalue weighted by molar-refractivity contribution is 6.29. The van der Waals surface area contributed by atoms with Crippen LogP contribution in [-0.4, -0.2) is 58.9 Å². The zero-order valence-electron chi connectivity index (χ0n) is 15.0. The molecule has 140 valence electrons. The van der Waals surface area contributed by atoms with Crippen molar-refractivity contribution in [2.75, 3.05) is 38.2 Å². The molecule has 0 amide bonds. The molecule has 0 spiro atoms. The van der Waals surface area contributed by atoms with Crippen LogP contribution in [0.2, 0.25) is 5.15 Å². The molecule has 1 atom stereocenters. The maximum Gasteiger partial charge on any atom is 0.131 e. The molecule has 0 aromatic carbocycles. The molecule has 26 heavy (non-hydrogen) atoms. The second-order valence-corrected chi connectivity index (χ2v) is 6.94. The minimum absolute atomic E-state index is 0.123. The zero-order chi connectivity index (χ0) is 18.4. The molecule has 1 fully saturated rings. The van der Waals surface area contributed by atoms with Gasteiger partial charge in [-0.15, -0.1) is 0 Å². The number of aliphatic hydroxyl groups excluding tert-OH is 1. The van der Waals surface area contributed by atoms with Gasteiger partial charge in [-0.1, -0.05) is 17.7 Å². The molecule has 1 aliphatic rings. The molecule has 1 aliphatic heterocycles. The van der Waals surface area contributed by atoms with Gasteiger partial charge >= 0.3 is 0 Å². The Morgan fingerprint density at radius 2 is 2.08 bits per heavy atom. The van der Waals surface area contributed by atoms with Gasteiger partial charge in [-0.3, -0.25) is 9.88 Å². The zero-order valence-corrected chi connectivity index (χ0v) is 15.7. The number of anilines is 1. The van der Waals surface area contributed by atoms with Gasteiger partial charge in [-0.2, -0.15) is 0 Å². The second kappa shape index (κ2) is 9.28. The Morgan fingerprint density at radius 3 is 2.77 bits per heavy atom. The predicted molar refractivity (Wildman–Crippen MR) is 103 cm³/mol. The molecular weight excluding hydrogens is 352 g/mol. The summed E-state index contributed by atoms with van der Waals surface area (Å²) in [4.78, 5) is 11.2. The fourth-order valence-corrected chi connectivity index (χ4v) is 3.14. The van der Waals surface area contributed by atoms with E-state index >= 15 is 0 Å². The van der Waals surface area contributed by atoms with Crippen LogP contribution in [0.5, 0.6) is 0 Å². The van der Waals surface area contributed by atoms with E-state index in [1.165, 1.54) is 5.56 Å². The maximum atomic E-state index is 9.12. The van der Waals surface area contributed by atoms with Crippen molar-refractivity contribution >= 4 is 17.3 Å². The van der Waals surface area contributed by atoms with Crippen molar-refractivity contribution in [2.45, 2.75) is 25.9 Å². The molecule has 6 nitrogen and oxygen atoms in total. The molecule has 0 aliphatic carbocycles. The van der Waals surface area contributed by atoms with Gasteiger partial charge < -0.3 is 15.2 Å². The summed E-state index contributed by atoms with van der Waals surface area (Å²) in [7, 11) is 0. The lowest BCUT2D eigenvalue weighted by Crippen LogP contribution is -2.35. The highest BCUT2D eigenvalue weighted by atomic mass is 35.5. The van der Waals surface area contributed by atoms with E-state index in [1.807, 2.05) is 19.2 Å². The molecule has 1 saturated heterocycles. The first-order chi connectivity index (χ1) is 12.7. The van der Waals surface area contributed by atoms with Crippen LogP contribution in [-0.2, 0) is 11.3 Å². The van der Waals surface area contributed by atoms with Gasteiger partial charge in [0.25, 0.3) is 0 Å². The van der Waals surface area contributed by atoms with Crippen molar-refractivity contribution in [1.82, 2.24) is 14.9 Å². The molecule has 3 rings (SSSR count). The van der Waals surface area contributed by atoms with Crippen molar-refractivity contribution < 1.29 is 9.84 Å². The third-order valence-electron chi connectivity index (χ3n) is 4.45. The fraction of sp³-hybridized carbons (Fsp3) is 0.474. The average Bonchev–Trinajstić information content (AvgIpc) is 2.64. The minimum atomic E-state index is 0.123. The first-order valence-electron chi connectivity index (χ1n) is 8.94. The molecule has 7 heteroatoms. The minimum Gasteiger partial charge on any atom is -0.396 e. The van der Waals surface area contributed by atoms with Crippen molar-refractivity contribution in [3.8, 4) is 11.3 Å². The molecule has 2 aromatic rings. The third-order valence-corrected chi connectivity index (χ3v) is 4.65. The number of rotatable bonds is 7. The van der Waals surface area contributed by atoms with Crippen LogP contribution >= 0.6 is 11.6 Å². The van der Waals surface area contributed by atoms with Crippen molar-refractivity contribution in [1.29, 1.82) is 0 Å². The normalized spacial score (nSPS) is 16.4. The van der Waals surface area contributed by atoms with Gasteiger partial charge in [0.2, 0.25) is 0 Å². The number of morpholine rings is 1. The standard InChI is InChI=1S/C19H25ClN4O2/c1-14(4-7-25)23-18-10-19(20)22-12-16(18)17-3-2-15(11-21-17)13-24-5-8-26-9-6-24/h2-3,10-12,14,25H,4-9,13H2,1H3,(H,22,23)/t14-/m0/s1. The highest BCUT2D eigenvalue weighted by Gasteiger charge is 2.13. The number of ether oxygens (including phenoxy) is 1. The van der Waals surface area contributed by atoms with Gasteiger partial charge in [0.15, 0.2) is 0 Å². The van der Waals surface area contributed by atoms with Crippen LogP contribution < -0.4 is 5.32 Å². The molecule has 0 unspecified atom stereocenters. The Hall–Kier alpha value is -1.73. The lowest BCUT2D eigenvalue weighted by Gasteiger charge is -2.26. The lowest BCUT2D eigenvalue weighted by atomic mass is 10.1. The summed E-state index contributed by atoms with van der Waals surface area (Å²) in [5.74, 6) is 0. The Balaban J connectivity index is 1.75. The molecule has 0 saturated carbocycles.